The number of pyridine rings is 1. The van der Waals surface area contributed by atoms with Crippen molar-refractivity contribution in [1.82, 2.24) is 20.2 Å². The molecule has 0 saturated carbocycles. The van der Waals surface area contributed by atoms with Gasteiger partial charge in [0.15, 0.2) is 0 Å². The summed E-state index contributed by atoms with van der Waals surface area (Å²) in [5.41, 5.74) is 3.20. The van der Waals surface area contributed by atoms with Crippen molar-refractivity contribution in [1.29, 1.82) is 0 Å². The van der Waals surface area contributed by atoms with Crippen LogP contribution in [0.2, 0.25) is 0 Å². The van der Waals surface area contributed by atoms with Crippen LogP contribution in [0.25, 0.3) is 10.9 Å². The van der Waals surface area contributed by atoms with Crippen molar-refractivity contribution in [3.63, 3.8) is 0 Å². The van der Waals surface area contributed by atoms with Crippen molar-refractivity contribution in [3.8, 4) is 0 Å². The second kappa shape index (κ2) is 6.63. The topological polar surface area (TPSA) is 78.1 Å². The maximum absolute atomic E-state index is 12.6. The lowest BCUT2D eigenvalue weighted by Crippen LogP contribution is -2.38. The molecule has 0 aliphatic carbocycles. The highest BCUT2D eigenvalue weighted by molar-refractivity contribution is 5.98. The van der Waals surface area contributed by atoms with Crippen molar-refractivity contribution in [2.75, 3.05) is 13.1 Å². The van der Waals surface area contributed by atoms with Crippen LogP contribution in [-0.2, 0) is 0 Å². The van der Waals surface area contributed by atoms with Crippen molar-refractivity contribution in [3.05, 3.63) is 65.6 Å². The summed E-state index contributed by atoms with van der Waals surface area (Å²) in [4.78, 5) is 34.0. The van der Waals surface area contributed by atoms with E-state index in [1.54, 1.807) is 23.4 Å². The van der Waals surface area contributed by atoms with Gasteiger partial charge in [-0.25, -0.2) is 0 Å². The number of carbonyl (C=O) groups is 2. The number of hydrogen-bond acceptors (Lipinski definition) is 3. The number of nitrogens with zero attached hydrogens (tertiary/aromatic N) is 2. The van der Waals surface area contributed by atoms with E-state index < -0.39 is 0 Å². The monoisotopic (exact) mass is 348 g/mol. The Morgan fingerprint density at radius 3 is 2.81 bits per heavy atom. The van der Waals surface area contributed by atoms with Gasteiger partial charge in [-0.3, -0.25) is 14.6 Å². The summed E-state index contributed by atoms with van der Waals surface area (Å²) in [6, 6.07) is 11.2. The first-order chi connectivity index (χ1) is 12.6. The number of rotatable bonds is 3. The molecule has 0 bridgehead atoms. The number of benzene rings is 1. The second-order valence-corrected chi connectivity index (χ2v) is 6.72. The van der Waals surface area contributed by atoms with E-state index in [0.29, 0.717) is 24.3 Å². The molecule has 1 aliphatic rings. The first-order valence-electron chi connectivity index (χ1n) is 8.70. The van der Waals surface area contributed by atoms with Crippen LogP contribution in [0.3, 0.4) is 0 Å². The predicted octanol–water partition coefficient (Wildman–Crippen LogP) is 2.52. The van der Waals surface area contributed by atoms with E-state index in [4.69, 9.17) is 0 Å². The van der Waals surface area contributed by atoms with Gasteiger partial charge in [0.2, 0.25) is 0 Å². The van der Waals surface area contributed by atoms with Crippen LogP contribution in [0.5, 0.6) is 0 Å². The molecule has 4 rings (SSSR count). The molecule has 2 aromatic heterocycles. The van der Waals surface area contributed by atoms with Gasteiger partial charge in [0.1, 0.15) is 5.69 Å². The lowest BCUT2D eigenvalue weighted by molar-refractivity contribution is 0.0783. The molecule has 2 N–H and O–H groups in total. The Balaban J connectivity index is 1.40. The minimum Gasteiger partial charge on any atom is -0.350 e. The van der Waals surface area contributed by atoms with E-state index >= 15 is 0 Å². The highest BCUT2D eigenvalue weighted by Crippen LogP contribution is 2.16. The summed E-state index contributed by atoms with van der Waals surface area (Å²) in [5, 5.41) is 3.92. The number of nitrogens with one attached hydrogen (secondary N) is 2. The summed E-state index contributed by atoms with van der Waals surface area (Å²) in [6.45, 7) is 3.17. The lowest BCUT2D eigenvalue weighted by Gasteiger charge is -2.17. The third-order valence-electron chi connectivity index (χ3n) is 4.77. The SMILES string of the molecule is Cc1ccc(C(=O)N2CCC(NC(=O)c3cc4cnccc4[nH]3)C2)cc1. The van der Waals surface area contributed by atoms with E-state index in [1.165, 1.54) is 0 Å². The third kappa shape index (κ3) is 3.18. The van der Waals surface area contributed by atoms with Crippen molar-refractivity contribution < 1.29 is 9.59 Å². The molecular weight excluding hydrogens is 328 g/mol. The van der Waals surface area contributed by atoms with Crippen LogP contribution in [0, 0.1) is 6.92 Å². The number of aryl methyl sites for hydroxylation is 1. The van der Waals surface area contributed by atoms with Crippen LogP contribution < -0.4 is 5.32 Å². The molecule has 132 valence electrons. The van der Waals surface area contributed by atoms with Gasteiger partial charge in [-0.05, 0) is 37.6 Å². The predicted molar refractivity (Wildman–Crippen MR) is 99.0 cm³/mol. The maximum atomic E-state index is 12.6. The standard InChI is InChI=1S/C20H20N4O2/c1-13-2-4-14(5-3-13)20(26)24-9-7-16(12-24)22-19(25)18-10-15-11-21-8-6-17(15)23-18/h2-6,8,10-11,16,23H,7,9,12H2,1H3,(H,22,25). The van der Waals surface area contributed by atoms with Crippen LogP contribution in [0.4, 0.5) is 0 Å². The number of aromatic nitrogens is 2. The fourth-order valence-corrected chi connectivity index (χ4v) is 3.30. The van der Waals surface area contributed by atoms with Crippen LogP contribution >= 0.6 is 0 Å². The van der Waals surface area contributed by atoms with Crippen molar-refractivity contribution >= 4 is 22.7 Å². The molecule has 6 heteroatoms. The Morgan fingerprint density at radius 2 is 2.04 bits per heavy atom. The smallest absolute Gasteiger partial charge is 0.268 e. The molecule has 6 nitrogen and oxygen atoms in total. The molecule has 1 aliphatic heterocycles. The molecule has 0 spiro atoms. The first kappa shape index (κ1) is 16.3. The number of amides is 2. The number of aromatic amines is 1. The lowest BCUT2D eigenvalue weighted by atomic mass is 10.1. The summed E-state index contributed by atoms with van der Waals surface area (Å²) < 4.78 is 0. The summed E-state index contributed by atoms with van der Waals surface area (Å²) in [5.74, 6) is -0.144. The van der Waals surface area contributed by atoms with Gasteiger partial charge in [0.05, 0.1) is 0 Å². The van der Waals surface area contributed by atoms with Gasteiger partial charge in [-0.2, -0.15) is 0 Å². The van der Waals surface area contributed by atoms with Crippen LogP contribution in [-0.4, -0.2) is 45.8 Å². The quantitative estimate of drug-likeness (QED) is 0.763. The van der Waals surface area contributed by atoms with Gasteiger partial charge in [0, 0.05) is 48.0 Å². The highest BCUT2D eigenvalue weighted by Gasteiger charge is 2.28. The van der Waals surface area contributed by atoms with E-state index in [1.807, 2.05) is 37.3 Å². The van der Waals surface area contributed by atoms with Crippen LogP contribution in [0.1, 0.15) is 32.8 Å². The molecule has 1 fully saturated rings. The van der Waals surface area contributed by atoms with Crippen molar-refractivity contribution in [2.24, 2.45) is 0 Å². The molecule has 1 unspecified atom stereocenters. The Labute approximate surface area is 151 Å². The number of fused-ring (bicyclic) bond motifs is 1. The van der Waals surface area contributed by atoms with E-state index in [0.717, 1.165) is 22.9 Å². The van der Waals surface area contributed by atoms with E-state index in [-0.39, 0.29) is 17.9 Å². The fourth-order valence-electron chi connectivity index (χ4n) is 3.30. The average Bonchev–Trinajstić information content (AvgIpc) is 3.28. The number of likely N-dealkylation sites (tertiary alicyclic amines) is 1. The summed E-state index contributed by atoms with van der Waals surface area (Å²) in [6.07, 6.45) is 4.16. The molecule has 1 atom stereocenters. The summed E-state index contributed by atoms with van der Waals surface area (Å²) in [7, 11) is 0. The Morgan fingerprint density at radius 1 is 1.23 bits per heavy atom. The van der Waals surface area contributed by atoms with Gasteiger partial charge < -0.3 is 15.2 Å². The molecule has 0 radical (unpaired) electrons. The molecule has 3 aromatic rings. The third-order valence-corrected chi connectivity index (χ3v) is 4.77. The number of H-pyrrole nitrogens is 1. The summed E-state index contributed by atoms with van der Waals surface area (Å²) >= 11 is 0. The molecular formula is C20H20N4O2. The van der Waals surface area contributed by atoms with Gasteiger partial charge in [0.25, 0.3) is 11.8 Å². The highest BCUT2D eigenvalue weighted by atomic mass is 16.2. The van der Waals surface area contributed by atoms with Gasteiger partial charge in [-0.15, -0.1) is 0 Å². The van der Waals surface area contributed by atoms with Gasteiger partial charge >= 0.3 is 0 Å². The molecule has 1 saturated heterocycles. The zero-order valence-corrected chi connectivity index (χ0v) is 14.5. The molecule has 3 heterocycles. The number of hydrogen-bond donors (Lipinski definition) is 2. The maximum Gasteiger partial charge on any atom is 0.268 e. The molecule has 2 amide bonds. The zero-order valence-electron chi connectivity index (χ0n) is 14.5. The number of carbonyl (C=O) groups excluding carboxylic acids is 2. The average molecular weight is 348 g/mol. The van der Waals surface area contributed by atoms with E-state index in [9.17, 15) is 9.59 Å². The Hall–Kier alpha value is -3.15. The molecule has 1 aromatic carbocycles. The minimum absolute atomic E-state index is 0.0124. The van der Waals surface area contributed by atoms with Crippen molar-refractivity contribution in [2.45, 2.75) is 19.4 Å². The normalized spacial score (nSPS) is 16.8. The first-order valence-corrected chi connectivity index (χ1v) is 8.70. The largest absolute Gasteiger partial charge is 0.350 e. The molecule has 26 heavy (non-hydrogen) atoms. The van der Waals surface area contributed by atoms with Crippen LogP contribution in [0.15, 0.2) is 48.8 Å². The zero-order chi connectivity index (χ0) is 18.1. The van der Waals surface area contributed by atoms with E-state index in [2.05, 4.69) is 15.3 Å². The fraction of sp³-hybridized carbons (Fsp3) is 0.250. The Kier molecular flexibility index (Phi) is 4.16. The van der Waals surface area contributed by atoms with Gasteiger partial charge in [-0.1, -0.05) is 17.7 Å². The Bertz CT molecular complexity index is 928. The minimum atomic E-state index is -0.157. The second-order valence-electron chi connectivity index (χ2n) is 6.72.